The standard InChI is InChI=1S/C15H19NO3/c1-9(2)10-5-4-6-11(7-10)16(3)14(17)12-8-13(12)15(18)19/h4-7,9,12-13H,8H2,1-3H3,(H,18,19). The lowest BCUT2D eigenvalue weighted by Gasteiger charge is -2.19. The van der Waals surface area contributed by atoms with E-state index in [1.165, 1.54) is 5.56 Å². The largest absolute Gasteiger partial charge is 0.481 e. The van der Waals surface area contributed by atoms with Gasteiger partial charge < -0.3 is 10.0 Å². The van der Waals surface area contributed by atoms with E-state index in [1.54, 1.807) is 11.9 Å². The van der Waals surface area contributed by atoms with Crippen LogP contribution in [0.5, 0.6) is 0 Å². The molecule has 1 aliphatic carbocycles. The van der Waals surface area contributed by atoms with Gasteiger partial charge in [0.25, 0.3) is 0 Å². The minimum Gasteiger partial charge on any atom is -0.481 e. The lowest BCUT2D eigenvalue weighted by molar-refractivity contribution is -0.139. The summed E-state index contributed by atoms with van der Waals surface area (Å²) in [6.45, 7) is 4.20. The van der Waals surface area contributed by atoms with E-state index < -0.39 is 11.9 Å². The van der Waals surface area contributed by atoms with Crippen LogP contribution in [0.15, 0.2) is 24.3 Å². The Morgan fingerprint density at radius 1 is 1.32 bits per heavy atom. The third-order valence-electron chi connectivity index (χ3n) is 3.68. The smallest absolute Gasteiger partial charge is 0.307 e. The maximum absolute atomic E-state index is 12.2. The fourth-order valence-corrected chi connectivity index (χ4v) is 2.21. The zero-order valence-electron chi connectivity index (χ0n) is 11.5. The van der Waals surface area contributed by atoms with E-state index in [0.717, 1.165) is 5.69 Å². The van der Waals surface area contributed by atoms with Crippen molar-refractivity contribution >= 4 is 17.6 Å². The van der Waals surface area contributed by atoms with Gasteiger partial charge in [-0.25, -0.2) is 0 Å². The first kappa shape index (κ1) is 13.6. The summed E-state index contributed by atoms with van der Waals surface area (Å²) < 4.78 is 0. The Kier molecular flexibility index (Phi) is 3.60. The van der Waals surface area contributed by atoms with E-state index in [-0.39, 0.29) is 11.8 Å². The third-order valence-corrected chi connectivity index (χ3v) is 3.68. The van der Waals surface area contributed by atoms with E-state index >= 15 is 0 Å². The molecule has 19 heavy (non-hydrogen) atoms. The molecule has 1 aromatic carbocycles. The van der Waals surface area contributed by atoms with Gasteiger partial charge >= 0.3 is 5.97 Å². The second kappa shape index (κ2) is 5.03. The molecule has 0 saturated heterocycles. The Balaban J connectivity index is 2.12. The number of nitrogens with zero attached hydrogens (tertiary/aromatic N) is 1. The Hall–Kier alpha value is -1.84. The summed E-state index contributed by atoms with van der Waals surface area (Å²) in [5.74, 6) is -1.43. The van der Waals surface area contributed by atoms with Crippen molar-refractivity contribution in [3.8, 4) is 0 Å². The molecule has 0 spiro atoms. The quantitative estimate of drug-likeness (QED) is 0.906. The van der Waals surface area contributed by atoms with Crippen LogP contribution in [0.25, 0.3) is 0 Å². The highest BCUT2D eigenvalue weighted by atomic mass is 16.4. The second-order valence-corrected chi connectivity index (χ2v) is 5.43. The molecule has 1 N–H and O–H groups in total. The van der Waals surface area contributed by atoms with Gasteiger partial charge in [0.2, 0.25) is 5.91 Å². The number of anilines is 1. The zero-order chi connectivity index (χ0) is 14.2. The number of amides is 1. The normalized spacial score (nSPS) is 21.3. The van der Waals surface area contributed by atoms with Crippen LogP contribution < -0.4 is 4.90 Å². The van der Waals surface area contributed by atoms with Crippen molar-refractivity contribution < 1.29 is 14.7 Å². The van der Waals surface area contributed by atoms with Crippen molar-refractivity contribution in [1.82, 2.24) is 0 Å². The maximum Gasteiger partial charge on any atom is 0.307 e. The van der Waals surface area contributed by atoms with E-state index in [1.807, 2.05) is 24.3 Å². The first-order chi connectivity index (χ1) is 8.91. The molecular formula is C15H19NO3. The van der Waals surface area contributed by atoms with Crippen LogP contribution in [0.3, 0.4) is 0 Å². The van der Waals surface area contributed by atoms with Gasteiger partial charge in [-0.05, 0) is 30.0 Å². The lowest BCUT2D eigenvalue weighted by atomic mass is 10.0. The Bertz CT molecular complexity index is 510. The topological polar surface area (TPSA) is 57.6 Å². The predicted octanol–water partition coefficient (Wildman–Crippen LogP) is 2.49. The van der Waals surface area contributed by atoms with Crippen LogP contribution in [0.4, 0.5) is 5.69 Å². The summed E-state index contributed by atoms with van der Waals surface area (Å²) in [6, 6.07) is 7.82. The van der Waals surface area contributed by atoms with Gasteiger partial charge in [-0.15, -0.1) is 0 Å². The number of carboxylic acid groups (broad SMARTS) is 1. The van der Waals surface area contributed by atoms with E-state index in [9.17, 15) is 9.59 Å². The average Bonchev–Trinajstić information content (AvgIpc) is 3.17. The van der Waals surface area contributed by atoms with E-state index in [0.29, 0.717) is 12.3 Å². The van der Waals surface area contributed by atoms with Crippen molar-refractivity contribution in [1.29, 1.82) is 0 Å². The molecule has 4 heteroatoms. The molecule has 2 atom stereocenters. The number of carboxylic acids is 1. The summed E-state index contributed by atoms with van der Waals surface area (Å²) in [6.07, 6.45) is 0.461. The number of rotatable bonds is 4. The number of hydrogen-bond donors (Lipinski definition) is 1. The van der Waals surface area contributed by atoms with Crippen LogP contribution >= 0.6 is 0 Å². The molecule has 0 heterocycles. The number of hydrogen-bond acceptors (Lipinski definition) is 2. The number of aliphatic carboxylic acids is 1. The molecule has 1 amide bonds. The third kappa shape index (κ3) is 2.78. The molecule has 1 aliphatic rings. The molecule has 1 fully saturated rings. The summed E-state index contributed by atoms with van der Waals surface area (Å²) >= 11 is 0. The molecule has 1 aromatic rings. The first-order valence-corrected chi connectivity index (χ1v) is 6.52. The van der Waals surface area contributed by atoms with Crippen molar-refractivity contribution in [2.45, 2.75) is 26.2 Å². The van der Waals surface area contributed by atoms with E-state index in [2.05, 4.69) is 13.8 Å². The van der Waals surface area contributed by atoms with Gasteiger partial charge in [0, 0.05) is 12.7 Å². The highest BCUT2D eigenvalue weighted by molar-refractivity contribution is 5.99. The number of carbonyl (C=O) groups is 2. The number of benzene rings is 1. The SMILES string of the molecule is CC(C)c1cccc(N(C)C(=O)C2CC2C(=O)O)c1. The molecule has 0 aliphatic heterocycles. The molecule has 102 valence electrons. The molecule has 1 saturated carbocycles. The highest BCUT2D eigenvalue weighted by Crippen LogP contribution is 2.40. The van der Waals surface area contributed by atoms with Crippen molar-refractivity contribution in [2.75, 3.05) is 11.9 Å². The van der Waals surface area contributed by atoms with Crippen LogP contribution in [-0.4, -0.2) is 24.0 Å². The molecule has 2 unspecified atom stereocenters. The molecule has 0 aromatic heterocycles. The van der Waals surface area contributed by atoms with Crippen LogP contribution in [0.2, 0.25) is 0 Å². The predicted molar refractivity (Wildman–Crippen MR) is 73.2 cm³/mol. The fraction of sp³-hybridized carbons (Fsp3) is 0.467. The summed E-state index contributed by atoms with van der Waals surface area (Å²) in [4.78, 5) is 24.5. The average molecular weight is 261 g/mol. The molecule has 2 rings (SSSR count). The highest BCUT2D eigenvalue weighted by Gasteiger charge is 2.49. The zero-order valence-corrected chi connectivity index (χ0v) is 11.5. The van der Waals surface area contributed by atoms with Crippen molar-refractivity contribution in [3.63, 3.8) is 0 Å². The van der Waals surface area contributed by atoms with Crippen LogP contribution in [-0.2, 0) is 9.59 Å². The van der Waals surface area contributed by atoms with Gasteiger partial charge in [0.05, 0.1) is 11.8 Å². The Morgan fingerprint density at radius 2 is 2.00 bits per heavy atom. The molecule has 0 radical (unpaired) electrons. The second-order valence-electron chi connectivity index (χ2n) is 5.43. The Labute approximate surface area is 113 Å². The first-order valence-electron chi connectivity index (χ1n) is 6.52. The van der Waals surface area contributed by atoms with Gasteiger partial charge in [-0.1, -0.05) is 26.0 Å². The van der Waals surface area contributed by atoms with Crippen LogP contribution in [0, 0.1) is 11.8 Å². The summed E-state index contributed by atoms with van der Waals surface area (Å²) in [5.41, 5.74) is 2.00. The van der Waals surface area contributed by atoms with Gasteiger partial charge in [0.15, 0.2) is 0 Å². The van der Waals surface area contributed by atoms with E-state index in [4.69, 9.17) is 5.11 Å². The lowest BCUT2D eigenvalue weighted by Crippen LogP contribution is -2.29. The minimum atomic E-state index is -0.873. The van der Waals surface area contributed by atoms with Gasteiger partial charge in [0.1, 0.15) is 0 Å². The van der Waals surface area contributed by atoms with Crippen molar-refractivity contribution in [3.05, 3.63) is 29.8 Å². The monoisotopic (exact) mass is 261 g/mol. The van der Waals surface area contributed by atoms with Gasteiger partial charge in [-0.3, -0.25) is 9.59 Å². The Morgan fingerprint density at radius 3 is 2.53 bits per heavy atom. The minimum absolute atomic E-state index is 0.103. The van der Waals surface area contributed by atoms with Crippen LogP contribution in [0.1, 0.15) is 31.7 Å². The molecule has 0 bridgehead atoms. The maximum atomic E-state index is 12.2. The summed E-state index contributed by atoms with van der Waals surface area (Å²) in [5, 5.41) is 8.87. The van der Waals surface area contributed by atoms with Gasteiger partial charge in [-0.2, -0.15) is 0 Å². The molecular weight excluding hydrogens is 242 g/mol. The summed E-state index contributed by atoms with van der Waals surface area (Å²) in [7, 11) is 1.71. The fourth-order valence-electron chi connectivity index (χ4n) is 2.21. The number of carbonyl (C=O) groups excluding carboxylic acids is 1. The van der Waals surface area contributed by atoms with Crippen molar-refractivity contribution in [2.24, 2.45) is 11.8 Å². The molecule has 4 nitrogen and oxygen atoms in total.